The van der Waals surface area contributed by atoms with Crippen molar-refractivity contribution < 1.29 is 12.6 Å². The van der Waals surface area contributed by atoms with Crippen LogP contribution in [-0.4, -0.2) is 19.8 Å². The first kappa shape index (κ1) is 8.51. The molecule has 12 heavy (non-hydrogen) atoms. The van der Waals surface area contributed by atoms with Crippen LogP contribution in [0, 0.1) is 0 Å². The summed E-state index contributed by atoms with van der Waals surface area (Å²) in [6.45, 7) is 0.405. The highest BCUT2D eigenvalue weighted by atomic mass is 32.2. The summed E-state index contributed by atoms with van der Waals surface area (Å²) in [4.78, 5) is 0. The highest BCUT2D eigenvalue weighted by Crippen LogP contribution is 2.42. The lowest BCUT2D eigenvalue weighted by atomic mass is 9.86. The maximum Gasteiger partial charge on any atom is 0.273 e. The van der Waals surface area contributed by atoms with E-state index in [1.165, 1.54) is 6.42 Å². The van der Waals surface area contributed by atoms with Gasteiger partial charge in [0.05, 0.1) is 11.4 Å². The van der Waals surface area contributed by atoms with Crippen molar-refractivity contribution in [3.8, 4) is 0 Å². The molecule has 0 unspecified atom stereocenters. The van der Waals surface area contributed by atoms with Gasteiger partial charge in [0.25, 0.3) is 10.1 Å². The lowest BCUT2D eigenvalue weighted by Gasteiger charge is -2.29. The van der Waals surface area contributed by atoms with Crippen molar-refractivity contribution in [3.63, 3.8) is 0 Å². The molecule has 70 valence electrons. The Balaban J connectivity index is 2.29. The molecule has 2 rings (SSSR count). The summed E-state index contributed by atoms with van der Waals surface area (Å²) < 4.78 is 27.4. The van der Waals surface area contributed by atoms with Crippen molar-refractivity contribution in [2.45, 2.75) is 43.3 Å². The third kappa shape index (κ3) is 1.09. The summed E-state index contributed by atoms with van der Waals surface area (Å²) in [5.41, 5.74) is 0. The molecule has 0 aromatic carbocycles. The Labute approximate surface area is 73.2 Å². The molecule has 1 aliphatic heterocycles. The Morgan fingerprint density at radius 1 is 1.00 bits per heavy atom. The van der Waals surface area contributed by atoms with E-state index >= 15 is 0 Å². The minimum Gasteiger partial charge on any atom is -0.270 e. The fourth-order valence-electron chi connectivity index (χ4n) is 2.28. The molecule has 0 aromatic rings. The molecule has 2 aliphatic rings. The summed E-state index contributed by atoms with van der Waals surface area (Å²) >= 11 is 0. The molecule has 4 heteroatoms. The molecule has 2 fully saturated rings. The van der Waals surface area contributed by atoms with Gasteiger partial charge in [-0.15, -0.1) is 0 Å². The maximum absolute atomic E-state index is 11.5. The van der Waals surface area contributed by atoms with E-state index < -0.39 is 14.9 Å². The fraction of sp³-hybridized carbons (Fsp3) is 1.00. The highest BCUT2D eigenvalue weighted by Gasteiger charge is 2.49. The Kier molecular flexibility index (Phi) is 1.92. The van der Waals surface area contributed by atoms with Crippen molar-refractivity contribution in [1.82, 2.24) is 0 Å². The maximum atomic E-state index is 11.5. The molecule has 0 atom stereocenters. The van der Waals surface area contributed by atoms with Crippen molar-refractivity contribution in [2.24, 2.45) is 0 Å². The van der Waals surface area contributed by atoms with E-state index in [9.17, 15) is 8.42 Å². The quantitative estimate of drug-likeness (QED) is 0.543. The average Bonchev–Trinajstić information content (AvgIpc) is 2.30. The van der Waals surface area contributed by atoms with Gasteiger partial charge in [-0.2, -0.15) is 8.42 Å². The molecule has 1 heterocycles. The summed E-state index contributed by atoms with van der Waals surface area (Å²) in [6, 6.07) is 0. The fourth-order valence-corrected chi connectivity index (χ4v) is 3.96. The second-order valence-electron chi connectivity index (χ2n) is 3.77. The monoisotopic (exact) mass is 190 g/mol. The van der Waals surface area contributed by atoms with Crippen molar-refractivity contribution in [2.75, 3.05) is 6.61 Å². The van der Waals surface area contributed by atoms with Gasteiger partial charge in [-0.3, -0.25) is 4.18 Å². The zero-order chi connectivity index (χ0) is 8.66. The third-order valence-corrected chi connectivity index (χ3v) is 5.24. The molecule has 0 N–H and O–H groups in total. The lowest BCUT2D eigenvalue weighted by Crippen LogP contribution is -2.36. The van der Waals surface area contributed by atoms with Gasteiger partial charge in [0.1, 0.15) is 0 Å². The van der Waals surface area contributed by atoms with Crippen molar-refractivity contribution >= 4 is 10.1 Å². The Morgan fingerprint density at radius 3 is 2.17 bits per heavy atom. The molecule has 3 nitrogen and oxygen atoms in total. The molecule has 1 aliphatic carbocycles. The normalized spacial score (nSPS) is 32.3. The van der Waals surface area contributed by atoms with E-state index in [1.54, 1.807) is 0 Å². The van der Waals surface area contributed by atoms with Gasteiger partial charge in [-0.05, 0) is 19.3 Å². The van der Waals surface area contributed by atoms with Gasteiger partial charge in [-0.25, -0.2) is 0 Å². The predicted molar refractivity (Wildman–Crippen MR) is 45.3 cm³/mol. The molecule has 1 saturated heterocycles. The van der Waals surface area contributed by atoms with Crippen LogP contribution in [0.25, 0.3) is 0 Å². The van der Waals surface area contributed by atoms with Gasteiger partial charge >= 0.3 is 0 Å². The highest BCUT2D eigenvalue weighted by molar-refractivity contribution is 7.88. The second kappa shape index (κ2) is 2.70. The van der Waals surface area contributed by atoms with Crippen molar-refractivity contribution in [1.29, 1.82) is 0 Å². The minimum absolute atomic E-state index is 0.405. The van der Waals surface area contributed by atoms with Gasteiger partial charge in [0.15, 0.2) is 0 Å². The van der Waals surface area contributed by atoms with Crippen LogP contribution in [0.5, 0.6) is 0 Å². The standard InChI is InChI=1S/C8H14O3S/c9-12(10)8(6-7-11-12)4-2-1-3-5-8/h1-7H2. The van der Waals surface area contributed by atoms with Crippen LogP contribution >= 0.6 is 0 Å². The zero-order valence-corrected chi connectivity index (χ0v) is 7.90. The molecular weight excluding hydrogens is 176 g/mol. The molecule has 1 saturated carbocycles. The van der Waals surface area contributed by atoms with Crippen LogP contribution in [0.4, 0.5) is 0 Å². The number of rotatable bonds is 0. The SMILES string of the molecule is O=S1(=O)OCCC12CCCCC2. The molecule has 0 aromatic heterocycles. The first-order chi connectivity index (χ1) is 5.66. The second-order valence-corrected chi connectivity index (χ2v) is 5.78. The summed E-state index contributed by atoms with van der Waals surface area (Å²) in [5.74, 6) is 0. The molecule has 0 radical (unpaired) electrons. The smallest absolute Gasteiger partial charge is 0.270 e. The van der Waals surface area contributed by atoms with Crippen LogP contribution in [0.3, 0.4) is 0 Å². The van der Waals surface area contributed by atoms with Crippen LogP contribution in [-0.2, 0) is 14.3 Å². The summed E-state index contributed by atoms with van der Waals surface area (Å²) in [7, 11) is -3.21. The number of hydrogen-bond donors (Lipinski definition) is 0. The Hall–Kier alpha value is -0.0900. The lowest BCUT2D eigenvalue weighted by molar-refractivity contribution is 0.350. The minimum atomic E-state index is -3.21. The molecule has 0 amide bonds. The van der Waals surface area contributed by atoms with E-state index in [2.05, 4.69) is 0 Å². The van der Waals surface area contributed by atoms with E-state index in [0.717, 1.165) is 32.1 Å². The Morgan fingerprint density at radius 2 is 1.67 bits per heavy atom. The first-order valence-electron chi connectivity index (χ1n) is 4.55. The largest absolute Gasteiger partial charge is 0.273 e. The van der Waals surface area contributed by atoms with E-state index in [4.69, 9.17) is 4.18 Å². The zero-order valence-electron chi connectivity index (χ0n) is 7.08. The number of hydrogen-bond acceptors (Lipinski definition) is 3. The van der Waals surface area contributed by atoms with Crippen LogP contribution in [0.2, 0.25) is 0 Å². The first-order valence-corrected chi connectivity index (χ1v) is 5.96. The molecular formula is C8H14O3S. The molecule has 0 bridgehead atoms. The third-order valence-electron chi connectivity index (χ3n) is 3.09. The Bertz CT molecular complexity index is 262. The van der Waals surface area contributed by atoms with Crippen LogP contribution in [0.1, 0.15) is 38.5 Å². The van der Waals surface area contributed by atoms with Gasteiger partial charge in [-0.1, -0.05) is 19.3 Å². The van der Waals surface area contributed by atoms with Gasteiger partial charge in [0.2, 0.25) is 0 Å². The predicted octanol–water partition coefficient (Wildman–Crippen LogP) is 1.44. The van der Waals surface area contributed by atoms with E-state index in [1.807, 2.05) is 0 Å². The van der Waals surface area contributed by atoms with Crippen LogP contribution in [0.15, 0.2) is 0 Å². The summed E-state index contributed by atoms with van der Waals surface area (Å²) in [5, 5.41) is 0. The summed E-state index contributed by atoms with van der Waals surface area (Å²) in [6.07, 6.45) is 5.61. The van der Waals surface area contributed by atoms with E-state index in [-0.39, 0.29) is 0 Å². The average molecular weight is 190 g/mol. The van der Waals surface area contributed by atoms with Crippen LogP contribution < -0.4 is 0 Å². The van der Waals surface area contributed by atoms with Gasteiger partial charge in [0, 0.05) is 0 Å². The molecule has 1 spiro atoms. The topological polar surface area (TPSA) is 43.4 Å². The van der Waals surface area contributed by atoms with Crippen molar-refractivity contribution in [3.05, 3.63) is 0 Å². The van der Waals surface area contributed by atoms with E-state index in [0.29, 0.717) is 6.61 Å². The van der Waals surface area contributed by atoms with Gasteiger partial charge < -0.3 is 0 Å².